The number of allylic oxidation sites excluding steroid dienone is 9. The van der Waals surface area contributed by atoms with Crippen LogP contribution >= 0.6 is 0 Å². The maximum absolute atomic E-state index is 12.5. The van der Waals surface area contributed by atoms with Gasteiger partial charge in [0.15, 0.2) is 0 Å². The Morgan fingerprint density at radius 3 is 0.955 bits per heavy atom. The van der Waals surface area contributed by atoms with Gasteiger partial charge in [0.2, 0.25) is 5.91 Å². The van der Waals surface area contributed by atoms with Crippen molar-refractivity contribution < 1.29 is 15.0 Å². The summed E-state index contributed by atoms with van der Waals surface area (Å²) in [5.74, 6) is -0.0748. The van der Waals surface area contributed by atoms with Gasteiger partial charge in [-0.1, -0.05) is 293 Å². The van der Waals surface area contributed by atoms with Crippen LogP contribution in [0.15, 0.2) is 60.8 Å². The molecule has 0 aliphatic heterocycles. The standard InChI is InChI=1S/C63H117NO3/c1-3-5-7-9-11-13-15-17-19-21-23-25-27-28-29-30-31-32-33-34-35-36-37-39-41-43-45-47-49-51-53-55-57-59-63(67)64-61(60-65)62(66)58-56-54-52-50-48-46-44-42-40-38-26-24-22-20-18-16-14-12-10-8-6-4-2/h23,25,28-29,40,42,48,50,56,58,61-62,65-66H,3-22,24,26-27,30-39,41,43-47,49,51-55,57,59-60H2,1-2H3,(H,64,67)/b25-23-,29-28-,42-40+,50-48+,58-56+. The average molecular weight is 937 g/mol. The molecule has 4 nitrogen and oxygen atoms in total. The molecule has 0 aliphatic carbocycles. The van der Waals surface area contributed by atoms with E-state index in [9.17, 15) is 15.0 Å². The van der Waals surface area contributed by atoms with Crippen LogP contribution in [-0.4, -0.2) is 34.9 Å². The maximum Gasteiger partial charge on any atom is 0.220 e. The number of nitrogens with one attached hydrogen (secondary N) is 1. The molecule has 0 spiro atoms. The number of rotatable bonds is 55. The van der Waals surface area contributed by atoms with Gasteiger partial charge >= 0.3 is 0 Å². The third kappa shape index (κ3) is 54.9. The highest BCUT2D eigenvalue weighted by Gasteiger charge is 2.18. The van der Waals surface area contributed by atoms with Crippen molar-refractivity contribution in [1.82, 2.24) is 5.32 Å². The zero-order valence-electron chi connectivity index (χ0n) is 45.2. The molecule has 0 saturated carbocycles. The van der Waals surface area contributed by atoms with E-state index in [2.05, 4.69) is 67.8 Å². The van der Waals surface area contributed by atoms with Gasteiger partial charge in [0.1, 0.15) is 0 Å². The molecule has 0 aromatic carbocycles. The Bertz CT molecular complexity index is 1110. The Balaban J connectivity index is 3.51. The molecule has 0 heterocycles. The zero-order valence-corrected chi connectivity index (χ0v) is 45.2. The summed E-state index contributed by atoms with van der Waals surface area (Å²) in [6, 6.07) is -0.648. The van der Waals surface area contributed by atoms with Crippen LogP contribution in [0.1, 0.15) is 316 Å². The van der Waals surface area contributed by atoms with Crippen LogP contribution < -0.4 is 5.32 Å². The fourth-order valence-corrected chi connectivity index (χ4v) is 9.13. The van der Waals surface area contributed by atoms with Gasteiger partial charge in [-0.15, -0.1) is 0 Å². The molecule has 0 aliphatic rings. The van der Waals surface area contributed by atoms with Gasteiger partial charge in [-0.25, -0.2) is 0 Å². The van der Waals surface area contributed by atoms with E-state index in [-0.39, 0.29) is 12.5 Å². The highest BCUT2D eigenvalue weighted by atomic mass is 16.3. The lowest BCUT2D eigenvalue weighted by Crippen LogP contribution is -2.45. The minimum Gasteiger partial charge on any atom is -0.394 e. The molecular weight excluding hydrogens is 819 g/mol. The van der Waals surface area contributed by atoms with E-state index >= 15 is 0 Å². The van der Waals surface area contributed by atoms with Gasteiger partial charge < -0.3 is 15.5 Å². The van der Waals surface area contributed by atoms with Crippen LogP contribution in [-0.2, 0) is 4.79 Å². The summed E-state index contributed by atoms with van der Waals surface area (Å²) in [6.07, 6.45) is 82.6. The van der Waals surface area contributed by atoms with Crippen molar-refractivity contribution in [3.8, 4) is 0 Å². The fraction of sp³-hybridized carbons (Fsp3) is 0.825. The largest absolute Gasteiger partial charge is 0.394 e. The summed E-state index contributed by atoms with van der Waals surface area (Å²) in [5, 5.41) is 23.2. The Morgan fingerprint density at radius 1 is 0.358 bits per heavy atom. The topological polar surface area (TPSA) is 69.6 Å². The van der Waals surface area contributed by atoms with E-state index in [0.29, 0.717) is 6.42 Å². The van der Waals surface area contributed by atoms with Gasteiger partial charge in [0, 0.05) is 6.42 Å². The third-order valence-corrected chi connectivity index (χ3v) is 13.7. The molecule has 0 bridgehead atoms. The van der Waals surface area contributed by atoms with Crippen molar-refractivity contribution in [1.29, 1.82) is 0 Å². The molecule has 0 rings (SSSR count). The predicted octanol–water partition coefficient (Wildman–Crippen LogP) is 20.0. The van der Waals surface area contributed by atoms with E-state index in [4.69, 9.17) is 0 Å². The van der Waals surface area contributed by atoms with Gasteiger partial charge in [0.05, 0.1) is 18.8 Å². The molecule has 0 aromatic heterocycles. The van der Waals surface area contributed by atoms with Gasteiger partial charge in [0.25, 0.3) is 0 Å². The summed E-state index contributed by atoms with van der Waals surface area (Å²) in [6.45, 7) is 4.32. The van der Waals surface area contributed by atoms with E-state index in [0.717, 1.165) is 44.9 Å². The number of hydrogen-bond donors (Lipinski definition) is 3. The number of unbranched alkanes of at least 4 members (excludes halogenated alkanes) is 40. The average Bonchev–Trinajstić information content (AvgIpc) is 3.33. The van der Waals surface area contributed by atoms with Crippen molar-refractivity contribution in [3.63, 3.8) is 0 Å². The van der Waals surface area contributed by atoms with E-state index in [1.165, 1.54) is 250 Å². The van der Waals surface area contributed by atoms with Crippen molar-refractivity contribution in [2.24, 2.45) is 0 Å². The molecule has 4 heteroatoms. The molecule has 0 aromatic rings. The molecule has 0 fully saturated rings. The monoisotopic (exact) mass is 936 g/mol. The minimum absolute atomic E-state index is 0.0748. The van der Waals surface area contributed by atoms with Crippen LogP contribution in [0, 0.1) is 0 Å². The first kappa shape index (κ1) is 65.1. The van der Waals surface area contributed by atoms with Gasteiger partial charge in [-0.3, -0.25) is 4.79 Å². The smallest absolute Gasteiger partial charge is 0.220 e. The van der Waals surface area contributed by atoms with Gasteiger partial charge in [-0.05, 0) is 77.0 Å². The predicted molar refractivity (Wildman–Crippen MR) is 299 cm³/mol. The zero-order chi connectivity index (χ0) is 48.5. The summed E-state index contributed by atoms with van der Waals surface area (Å²) in [7, 11) is 0. The number of carbonyl (C=O) groups excluding carboxylic acids is 1. The first-order valence-electron chi connectivity index (χ1n) is 30.0. The highest BCUT2D eigenvalue weighted by Crippen LogP contribution is 2.17. The maximum atomic E-state index is 12.5. The summed E-state index contributed by atoms with van der Waals surface area (Å²) < 4.78 is 0. The number of aliphatic hydroxyl groups excluding tert-OH is 2. The normalized spacial score (nSPS) is 13.2. The fourth-order valence-electron chi connectivity index (χ4n) is 9.13. The Kier molecular flexibility index (Phi) is 56.7. The Hall–Kier alpha value is -1.91. The lowest BCUT2D eigenvalue weighted by Gasteiger charge is -2.19. The van der Waals surface area contributed by atoms with Gasteiger partial charge in [-0.2, -0.15) is 0 Å². The first-order valence-corrected chi connectivity index (χ1v) is 30.0. The molecule has 2 unspecified atom stereocenters. The van der Waals surface area contributed by atoms with Crippen LogP contribution in [0.4, 0.5) is 0 Å². The number of hydrogen-bond acceptors (Lipinski definition) is 3. The molecule has 67 heavy (non-hydrogen) atoms. The van der Waals surface area contributed by atoms with E-state index in [1.807, 2.05) is 6.08 Å². The van der Waals surface area contributed by atoms with Crippen molar-refractivity contribution in [3.05, 3.63) is 60.8 Å². The summed E-state index contributed by atoms with van der Waals surface area (Å²) in [4.78, 5) is 12.5. The molecule has 3 N–H and O–H groups in total. The minimum atomic E-state index is -0.872. The van der Waals surface area contributed by atoms with Crippen molar-refractivity contribution in [2.75, 3.05) is 6.61 Å². The molecule has 0 radical (unpaired) electrons. The first-order chi connectivity index (χ1) is 33.2. The van der Waals surface area contributed by atoms with Crippen LogP contribution in [0.2, 0.25) is 0 Å². The molecule has 1 amide bonds. The number of amides is 1. The lowest BCUT2D eigenvalue weighted by molar-refractivity contribution is -0.123. The Labute approximate surface area is 419 Å². The third-order valence-electron chi connectivity index (χ3n) is 13.7. The second kappa shape index (κ2) is 58.4. The number of aliphatic hydroxyl groups is 2. The van der Waals surface area contributed by atoms with Crippen LogP contribution in [0.25, 0.3) is 0 Å². The molecule has 2 atom stereocenters. The van der Waals surface area contributed by atoms with E-state index in [1.54, 1.807) is 6.08 Å². The van der Waals surface area contributed by atoms with E-state index < -0.39 is 12.1 Å². The summed E-state index contributed by atoms with van der Waals surface area (Å²) >= 11 is 0. The van der Waals surface area contributed by atoms with Crippen molar-refractivity contribution >= 4 is 5.91 Å². The lowest BCUT2D eigenvalue weighted by atomic mass is 10.0. The molecule has 392 valence electrons. The summed E-state index contributed by atoms with van der Waals surface area (Å²) in [5.41, 5.74) is 0. The SMILES string of the molecule is CCCCCCCCCCC/C=C\C/C=C\CCCCCCCCCCCCCCCCCCCC(=O)NC(CO)C(O)/C=C/CC/C=C/CC/C=C/CCCCCCCCCCCCCC. The quantitative estimate of drug-likeness (QED) is 0.0420. The number of carbonyl (C=O) groups is 1. The molecule has 0 saturated heterocycles. The second-order valence-corrected chi connectivity index (χ2v) is 20.4. The second-order valence-electron chi connectivity index (χ2n) is 20.4. The highest BCUT2D eigenvalue weighted by molar-refractivity contribution is 5.76. The van der Waals surface area contributed by atoms with Crippen LogP contribution in [0.3, 0.4) is 0 Å². The molecular formula is C63H117NO3. The Morgan fingerprint density at radius 2 is 0.627 bits per heavy atom. The van der Waals surface area contributed by atoms with Crippen molar-refractivity contribution in [2.45, 2.75) is 328 Å². The van der Waals surface area contributed by atoms with Crippen LogP contribution in [0.5, 0.6) is 0 Å².